The molecule has 32 heavy (non-hydrogen) atoms. The van der Waals surface area contributed by atoms with Gasteiger partial charge >= 0.3 is 0 Å². The number of fused-ring (bicyclic) bond motifs is 2. The third-order valence-corrected chi connectivity index (χ3v) is 7.29. The lowest BCUT2D eigenvalue weighted by Crippen LogP contribution is -2.42. The van der Waals surface area contributed by atoms with Crippen molar-refractivity contribution in [3.63, 3.8) is 0 Å². The Bertz CT molecular complexity index is 1020. The maximum atomic E-state index is 14.9. The minimum absolute atomic E-state index is 0.0980. The molecule has 2 aromatic rings. The van der Waals surface area contributed by atoms with Crippen molar-refractivity contribution in [1.29, 1.82) is 5.26 Å². The van der Waals surface area contributed by atoms with Crippen LogP contribution in [0.3, 0.4) is 0 Å². The van der Waals surface area contributed by atoms with Crippen molar-refractivity contribution in [3.8, 4) is 17.2 Å². The van der Waals surface area contributed by atoms with Gasteiger partial charge < -0.3 is 10.1 Å². The van der Waals surface area contributed by atoms with Crippen LogP contribution in [-0.2, 0) is 22.5 Å². The van der Waals surface area contributed by atoms with Gasteiger partial charge in [0, 0.05) is 43.3 Å². The van der Waals surface area contributed by atoms with E-state index in [2.05, 4.69) is 16.5 Å². The van der Waals surface area contributed by atoms with Crippen molar-refractivity contribution in [2.24, 2.45) is 17.8 Å². The first-order valence-corrected chi connectivity index (χ1v) is 11.7. The second-order valence-corrected chi connectivity index (χ2v) is 9.60. The van der Waals surface area contributed by atoms with Gasteiger partial charge in [0.05, 0.1) is 30.8 Å². The van der Waals surface area contributed by atoms with E-state index < -0.39 is 5.92 Å². The molecule has 6 nitrogen and oxygen atoms in total. The van der Waals surface area contributed by atoms with Crippen LogP contribution in [0, 0.1) is 34.9 Å². The molecule has 0 amide bonds. The molecule has 2 bridgehead atoms. The monoisotopic (exact) mass is 436 g/mol. The Kier molecular flexibility index (Phi) is 6.07. The second kappa shape index (κ2) is 9.13. The predicted octanol–water partition coefficient (Wildman–Crippen LogP) is 3.51. The molecule has 1 N–H and O–H groups in total. The third kappa shape index (κ3) is 4.48. The summed E-state index contributed by atoms with van der Waals surface area (Å²) in [5, 5.41) is 17.4. The zero-order valence-electron chi connectivity index (χ0n) is 18.2. The van der Waals surface area contributed by atoms with Gasteiger partial charge in [0.15, 0.2) is 5.78 Å². The summed E-state index contributed by atoms with van der Waals surface area (Å²) in [5.41, 5.74) is 2.10. The van der Waals surface area contributed by atoms with Crippen molar-refractivity contribution in [2.75, 3.05) is 13.2 Å². The van der Waals surface area contributed by atoms with Gasteiger partial charge in [-0.1, -0.05) is 12.1 Å². The van der Waals surface area contributed by atoms with Gasteiger partial charge in [-0.2, -0.15) is 10.4 Å². The summed E-state index contributed by atoms with van der Waals surface area (Å²) in [7, 11) is 0. The number of nitriles is 1. The Morgan fingerprint density at radius 2 is 2.25 bits per heavy atom. The van der Waals surface area contributed by atoms with Gasteiger partial charge in [0.25, 0.3) is 0 Å². The largest absolute Gasteiger partial charge is 0.381 e. The van der Waals surface area contributed by atoms with E-state index in [4.69, 9.17) is 4.74 Å². The number of ether oxygens (including phenoxy) is 1. The van der Waals surface area contributed by atoms with Crippen LogP contribution >= 0.6 is 0 Å². The Hall–Kier alpha value is -2.56. The van der Waals surface area contributed by atoms with Crippen molar-refractivity contribution >= 4 is 5.78 Å². The number of piperidine rings is 1. The molecular weight excluding hydrogens is 407 g/mol. The number of carbonyl (C=O) groups excluding carboxylic acids is 1. The lowest BCUT2D eigenvalue weighted by molar-refractivity contribution is -0.122. The summed E-state index contributed by atoms with van der Waals surface area (Å²) in [5.74, 6) is 0.123. The molecule has 1 aromatic carbocycles. The zero-order valence-corrected chi connectivity index (χ0v) is 18.2. The van der Waals surface area contributed by atoms with E-state index in [-0.39, 0.29) is 30.5 Å². The summed E-state index contributed by atoms with van der Waals surface area (Å²) in [4.78, 5) is 12.7. The maximum Gasteiger partial charge on any atom is 0.151 e. The van der Waals surface area contributed by atoms with E-state index in [1.54, 1.807) is 12.3 Å². The molecule has 3 aliphatic rings. The lowest BCUT2D eigenvalue weighted by Gasteiger charge is -2.22. The first-order valence-electron chi connectivity index (χ1n) is 11.7. The number of nitrogens with zero attached hydrogens (tertiary/aromatic N) is 3. The molecule has 5 atom stereocenters. The Morgan fingerprint density at radius 1 is 1.34 bits per heavy atom. The summed E-state index contributed by atoms with van der Waals surface area (Å²) in [6, 6.07) is 7.66. The number of Topliss-reactive ketones (excluding diaryl/α,β-unsaturated/α-hetero) is 1. The second-order valence-electron chi connectivity index (χ2n) is 9.60. The number of carbonyl (C=O) groups is 1. The molecule has 168 valence electrons. The molecule has 0 unspecified atom stereocenters. The van der Waals surface area contributed by atoms with Gasteiger partial charge in [0.1, 0.15) is 5.82 Å². The Morgan fingerprint density at radius 3 is 2.94 bits per heavy atom. The van der Waals surface area contributed by atoms with Gasteiger partial charge in [-0.3, -0.25) is 9.48 Å². The minimum atomic E-state index is -0.514. The number of nitrogens with one attached hydrogen (secondary N) is 1. The molecule has 3 fully saturated rings. The van der Waals surface area contributed by atoms with Crippen LogP contribution in [-0.4, -0.2) is 40.9 Å². The molecule has 2 saturated heterocycles. The number of rotatable bonds is 8. The van der Waals surface area contributed by atoms with Crippen LogP contribution in [0.5, 0.6) is 0 Å². The van der Waals surface area contributed by atoms with E-state index in [9.17, 15) is 14.4 Å². The van der Waals surface area contributed by atoms with Crippen molar-refractivity contribution in [3.05, 3.63) is 42.0 Å². The van der Waals surface area contributed by atoms with Gasteiger partial charge in [0.2, 0.25) is 0 Å². The Labute approximate surface area is 187 Å². The lowest BCUT2D eigenvalue weighted by atomic mass is 9.88. The maximum absolute atomic E-state index is 14.9. The fourth-order valence-corrected chi connectivity index (χ4v) is 5.51. The topological polar surface area (TPSA) is 79.9 Å². The van der Waals surface area contributed by atoms with E-state index >= 15 is 0 Å². The van der Waals surface area contributed by atoms with Gasteiger partial charge in [-0.15, -0.1) is 0 Å². The fourth-order valence-electron chi connectivity index (χ4n) is 5.51. The molecule has 1 saturated carbocycles. The summed E-state index contributed by atoms with van der Waals surface area (Å²) in [6.45, 7) is 2.37. The SMILES string of the molecule is N#C[C@@H](CC(=O)[C@H]1N[C@@H]2CC[C@H]1C2)Cc1ccc(-c2cnn(C[C@@H]3CCOC3)c2)cc1F. The zero-order chi connectivity index (χ0) is 22.1. The molecule has 0 spiro atoms. The standard InChI is InChI=1S/C25H29FN4O2/c26-23-10-18(21-12-28-30(14-21)13-16-5-6-32-15-16)1-2-19(23)7-17(11-27)8-24(31)25-20-3-4-22(9-20)29-25/h1-2,10,12,14,16-17,20,22,25,29H,3-9,13,15H2/t16-,17+,20-,22+,25-/m0/s1. The van der Waals surface area contributed by atoms with Crippen LogP contribution in [0.15, 0.2) is 30.6 Å². The molecular formula is C25H29FN4O2. The Balaban J connectivity index is 1.21. The fraction of sp³-hybridized carbons (Fsp3) is 0.560. The van der Waals surface area contributed by atoms with E-state index in [0.29, 0.717) is 23.4 Å². The first kappa shape index (κ1) is 21.3. The van der Waals surface area contributed by atoms with E-state index in [0.717, 1.165) is 56.6 Å². The summed E-state index contributed by atoms with van der Waals surface area (Å²) >= 11 is 0. The summed E-state index contributed by atoms with van der Waals surface area (Å²) < 4.78 is 22.2. The molecule has 7 heteroatoms. The average Bonchev–Trinajstić information content (AvgIpc) is 3.60. The summed E-state index contributed by atoms with van der Waals surface area (Å²) in [6.07, 6.45) is 8.45. The highest BCUT2D eigenvalue weighted by atomic mass is 19.1. The number of halogens is 1. The highest BCUT2D eigenvalue weighted by molar-refractivity contribution is 5.85. The number of ketones is 1. The molecule has 1 aliphatic carbocycles. The van der Waals surface area contributed by atoms with Crippen LogP contribution in [0.4, 0.5) is 4.39 Å². The molecule has 0 radical (unpaired) electrons. The number of benzene rings is 1. The van der Waals surface area contributed by atoms with Gasteiger partial charge in [-0.25, -0.2) is 4.39 Å². The van der Waals surface area contributed by atoms with Crippen molar-refractivity contribution in [2.45, 2.75) is 57.2 Å². The van der Waals surface area contributed by atoms with Crippen molar-refractivity contribution < 1.29 is 13.9 Å². The van der Waals surface area contributed by atoms with Crippen LogP contribution < -0.4 is 5.32 Å². The van der Waals surface area contributed by atoms with Crippen LogP contribution in [0.25, 0.3) is 11.1 Å². The highest BCUT2D eigenvalue weighted by Crippen LogP contribution is 2.36. The average molecular weight is 437 g/mol. The number of aromatic nitrogens is 2. The third-order valence-electron chi connectivity index (χ3n) is 7.29. The minimum Gasteiger partial charge on any atom is -0.381 e. The van der Waals surface area contributed by atoms with Crippen LogP contribution in [0.1, 0.15) is 37.7 Å². The first-order chi connectivity index (χ1) is 15.6. The molecule has 5 rings (SSSR count). The predicted molar refractivity (Wildman–Crippen MR) is 117 cm³/mol. The van der Waals surface area contributed by atoms with Gasteiger partial charge in [-0.05, 0) is 55.2 Å². The molecule has 2 aliphatic heterocycles. The normalized spacial score (nSPS) is 27.5. The van der Waals surface area contributed by atoms with Crippen LogP contribution in [0.2, 0.25) is 0 Å². The van der Waals surface area contributed by atoms with E-state index in [1.807, 2.05) is 16.9 Å². The number of hydrogen-bond acceptors (Lipinski definition) is 5. The van der Waals surface area contributed by atoms with E-state index in [1.165, 1.54) is 6.07 Å². The highest BCUT2D eigenvalue weighted by Gasteiger charge is 2.42. The molecule has 3 heterocycles. The van der Waals surface area contributed by atoms with Crippen molar-refractivity contribution in [1.82, 2.24) is 15.1 Å². The smallest absolute Gasteiger partial charge is 0.151 e. The molecule has 1 aromatic heterocycles. The number of hydrogen-bond donors (Lipinski definition) is 1. The quantitative estimate of drug-likeness (QED) is 0.685.